The minimum Gasteiger partial charge on any atom is -0.497 e. The van der Waals surface area contributed by atoms with Crippen LogP contribution in [0.2, 0.25) is 0 Å². The van der Waals surface area contributed by atoms with Crippen LogP contribution in [-0.2, 0) is 11.3 Å². The van der Waals surface area contributed by atoms with Gasteiger partial charge in [0.15, 0.2) is 0 Å². The molecule has 4 rings (SSSR count). The van der Waals surface area contributed by atoms with E-state index in [4.69, 9.17) is 4.74 Å². The Bertz CT molecular complexity index is 1310. The van der Waals surface area contributed by atoms with E-state index in [1.165, 1.54) is 5.56 Å². The summed E-state index contributed by atoms with van der Waals surface area (Å²) in [4.78, 5) is 14.9. The number of hydrogen-bond acceptors (Lipinski definition) is 5. The van der Waals surface area contributed by atoms with E-state index in [0.29, 0.717) is 6.54 Å². The Morgan fingerprint density at radius 2 is 1.74 bits per heavy atom. The lowest BCUT2D eigenvalue weighted by Gasteiger charge is -2.32. The molecule has 0 fully saturated rings. The molecule has 0 aromatic heterocycles. The van der Waals surface area contributed by atoms with E-state index in [1.807, 2.05) is 49.4 Å². The molecule has 0 amide bonds. The van der Waals surface area contributed by atoms with Gasteiger partial charge in [-0.15, -0.1) is 0 Å². The van der Waals surface area contributed by atoms with E-state index in [0.717, 1.165) is 38.4 Å². The number of benzene rings is 4. The minimum atomic E-state index is -0.801. The van der Waals surface area contributed by atoms with Crippen LogP contribution in [0, 0.1) is 6.92 Å². The molecular formula is C29H30N2O3S. The Labute approximate surface area is 210 Å². The van der Waals surface area contributed by atoms with E-state index in [9.17, 15) is 9.90 Å². The number of carboxylic acids is 1. The maximum Gasteiger partial charge on any atom is 0.305 e. The number of hydrogen-bond donors (Lipinski definition) is 2. The first-order valence-electron chi connectivity index (χ1n) is 11.6. The Morgan fingerprint density at radius 1 is 1.00 bits per heavy atom. The lowest BCUT2D eigenvalue weighted by molar-refractivity contribution is -0.137. The second-order valence-electron chi connectivity index (χ2n) is 8.62. The van der Waals surface area contributed by atoms with E-state index in [1.54, 1.807) is 19.1 Å². The van der Waals surface area contributed by atoms with Crippen LogP contribution in [0.3, 0.4) is 0 Å². The van der Waals surface area contributed by atoms with Gasteiger partial charge in [0.2, 0.25) is 0 Å². The molecule has 0 heterocycles. The molecule has 0 aliphatic rings. The molecule has 0 unspecified atom stereocenters. The molecule has 0 saturated heterocycles. The van der Waals surface area contributed by atoms with Crippen molar-refractivity contribution in [1.29, 1.82) is 0 Å². The van der Waals surface area contributed by atoms with Crippen molar-refractivity contribution in [3.8, 4) is 5.75 Å². The molecule has 0 aliphatic carbocycles. The third-order valence-electron chi connectivity index (χ3n) is 5.99. The summed E-state index contributed by atoms with van der Waals surface area (Å²) in [6.45, 7) is 4.68. The lowest BCUT2D eigenvalue weighted by Crippen LogP contribution is -2.34. The first kappa shape index (κ1) is 24.5. The van der Waals surface area contributed by atoms with Gasteiger partial charge in [-0.2, -0.15) is 0 Å². The molecule has 0 bridgehead atoms. The van der Waals surface area contributed by atoms with Crippen LogP contribution in [0.1, 0.15) is 24.5 Å². The van der Waals surface area contributed by atoms with Crippen LogP contribution in [0.25, 0.3) is 10.8 Å². The molecule has 5 nitrogen and oxygen atoms in total. The van der Waals surface area contributed by atoms with Gasteiger partial charge in [0, 0.05) is 33.9 Å². The number of carbonyl (C=O) groups is 1. The van der Waals surface area contributed by atoms with Crippen molar-refractivity contribution in [2.24, 2.45) is 0 Å². The predicted molar refractivity (Wildman–Crippen MR) is 145 cm³/mol. The molecule has 180 valence electrons. The Balaban J connectivity index is 1.68. The summed E-state index contributed by atoms with van der Waals surface area (Å²) >= 11 is 1.54. The monoisotopic (exact) mass is 486 g/mol. The molecule has 6 heteroatoms. The highest BCUT2D eigenvalue weighted by molar-refractivity contribution is 8.00. The van der Waals surface area contributed by atoms with Gasteiger partial charge >= 0.3 is 5.97 Å². The maximum absolute atomic E-state index is 11.6. The SMILES string of the molecule is COc1ccc(SNc2ccc(N(Cc3cccc(C)c3)[C@@H](C)CC(=O)O)c3ccccc23)cc1. The first-order valence-corrected chi connectivity index (χ1v) is 12.4. The van der Waals surface area contributed by atoms with Gasteiger partial charge < -0.3 is 19.5 Å². The molecule has 0 radical (unpaired) electrons. The average molecular weight is 487 g/mol. The van der Waals surface area contributed by atoms with E-state index < -0.39 is 5.97 Å². The second kappa shape index (κ2) is 11.2. The standard InChI is InChI=1S/C29H30N2O3S/c1-20-7-6-8-22(17-20)19-31(21(2)18-29(32)33)28-16-15-27(25-9-4-5-10-26(25)28)30-35-24-13-11-23(34-3)12-14-24/h4-17,21,30H,18-19H2,1-3H3,(H,32,33)/t21-/m0/s1. The van der Waals surface area contributed by atoms with E-state index in [-0.39, 0.29) is 12.5 Å². The summed E-state index contributed by atoms with van der Waals surface area (Å²) in [6.07, 6.45) is 0.0630. The highest BCUT2D eigenvalue weighted by atomic mass is 32.2. The smallest absolute Gasteiger partial charge is 0.305 e. The third-order valence-corrected chi connectivity index (χ3v) is 6.82. The quantitative estimate of drug-likeness (QED) is 0.232. The number of rotatable bonds is 10. The Morgan fingerprint density at radius 3 is 2.43 bits per heavy atom. The number of methoxy groups -OCH3 is 1. The van der Waals surface area contributed by atoms with Gasteiger partial charge in [-0.05, 0) is 67.8 Å². The molecule has 1 atom stereocenters. The summed E-state index contributed by atoms with van der Waals surface area (Å²) < 4.78 is 8.74. The zero-order valence-corrected chi connectivity index (χ0v) is 21.0. The summed E-state index contributed by atoms with van der Waals surface area (Å²) in [5.74, 6) is 0.0264. The fraction of sp³-hybridized carbons (Fsp3) is 0.207. The zero-order chi connectivity index (χ0) is 24.8. The van der Waals surface area contributed by atoms with Gasteiger partial charge in [0.05, 0.1) is 19.2 Å². The summed E-state index contributed by atoms with van der Waals surface area (Å²) in [7, 11) is 1.66. The first-order chi connectivity index (χ1) is 16.9. The van der Waals surface area contributed by atoms with Crippen molar-refractivity contribution < 1.29 is 14.6 Å². The van der Waals surface area contributed by atoms with Gasteiger partial charge in [0.1, 0.15) is 5.75 Å². The van der Waals surface area contributed by atoms with E-state index in [2.05, 4.69) is 59.0 Å². The van der Waals surface area contributed by atoms with Crippen molar-refractivity contribution in [3.63, 3.8) is 0 Å². The van der Waals surface area contributed by atoms with Crippen LogP contribution < -0.4 is 14.4 Å². The molecule has 35 heavy (non-hydrogen) atoms. The number of anilines is 2. The fourth-order valence-electron chi connectivity index (χ4n) is 4.23. The number of aryl methyl sites for hydroxylation is 1. The van der Waals surface area contributed by atoms with Gasteiger partial charge in [0.25, 0.3) is 0 Å². The van der Waals surface area contributed by atoms with Crippen LogP contribution in [-0.4, -0.2) is 24.2 Å². The van der Waals surface area contributed by atoms with Crippen molar-refractivity contribution in [3.05, 3.63) is 96.1 Å². The predicted octanol–water partition coefficient (Wildman–Crippen LogP) is 7.15. The van der Waals surface area contributed by atoms with Crippen molar-refractivity contribution in [2.45, 2.75) is 37.8 Å². The van der Waals surface area contributed by atoms with E-state index >= 15 is 0 Å². The summed E-state index contributed by atoms with van der Waals surface area (Å²) in [5, 5.41) is 11.7. The topological polar surface area (TPSA) is 61.8 Å². The number of nitrogens with one attached hydrogen (secondary N) is 1. The maximum atomic E-state index is 11.6. The minimum absolute atomic E-state index is 0.0630. The second-order valence-corrected chi connectivity index (χ2v) is 9.50. The number of fused-ring (bicyclic) bond motifs is 1. The third kappa shape index (κ3) is 6.08. The highest BCUT2D eigenvalue weighted by Gasteiger charge is 2.21. The normalized spacial score (nSPS) is 11.7. The van der Waals surface area contributed by atoms with Gasteiger partial charge in [-0.3, -0.25) is 4.79 Å². The van der Waals surface area contributed by atoms with Crippen LogP contribution >= 0.6 is 11.9 Å². The number of nitrogens with zero attached hydrogens (tertiary/aromatic N) is 1. The molecule has 0 saturated carbocycles. The van der Waals surface area contributed by atoms with Crippen molar-refractivity contribution in [1.82, 2.24) is 0 Å². The molecule has 4 aromatic rings. The van der Waals surface area contributed by atoms with Crippen molar-refractivity contribution in [2.75, 3.05) is 16.7 Å². The number of aliphatic carboxylic acids is 1. The highest BCUT2D eigenvalue weighted by Crippen LogP contribution is 2.36. The van der Waals surface area contributed by atoms with Crippen LogP contribution in [0.5, 0.6) is 5.75 Å². The zero-order valence-electron chi connectivity index (χ0n) is 20.2. The molecule has 0 aliphatic heterocycles. The summed E-state index contributed by atoms with van der Waals surface area (Å²) in [5.41, 5.74) is 4.37. The van der Waals surface area contributed by atoms with Gasteiger partial charge in [-0.1, -0.05) is 54.1 Å². The van der Waals surface area contributed by atoms with Crippen molar-refractivity contribution >= 4 is 40.1 Å². The van der Waals surface area contributed by atoms with Crippen LogP contribution in [0.4, 0.5) is 11.4 Å². The average Bonchev–Trinajstić information content (AvgIpc) is 2.86. The largest absolute Gasteiger partial charge is 0.497 e. The van der Waals surface area contributed by atoms with Crippen LogP contribution in [0.15, 0.2) is 89.8 Å². The number of carboxylic acid groups (broad SMARTS) is 1. The molecule has 4 aromatic carbocycles. The van der Waals surface area contributed by atoms with Gasteiger partial charge in [-0.25, -0.2) is 0 Å². The molecular weight excluding hydrogens is 456 g/mol. The summed E-state index contributed by atoms with van der Waals surface area (Å²) in [6, 6.07) is 28.5. The lowest BCUT2D eigenvalue weighted by atomic mass is 10.0. The Hall–Kier alpha value is -3.64. The molecule has 2 N–H and O–H groups in total. The Kier molecular flexibility index (Phi) is 7.83. The molecule has 0 spiro atoms. The fourth-order valence-corrected chi connectivity index (χ4v) is 4.91. The number of ether oxygens (including phenoxy) is 1.